The molecule has 82 valence electrons. The van der Waals surface area contributed by atoms with Crippen LogP contribution in [-0.2, 0) is 6.42 Å². The highest BCUT2D eigenvalue weighted by Crippen LogP contribution is 2.10. The van der Waals surface area contributed by atoms with E-state index in [1.165, 1.54) is 5.56 Å². The molecule has 0 aromatic heterocycles. The number of nitrogens with one attached hydrogen (secondary N) is 1. The largest absolute Gasteiger partial charge is 0.319 e. The van der Waals surface area contributed by atoms with Gasteiger partial charge in [-0.25, -0.2) is 0 Å². The van der Waals surface area contributed by atoms with Gasteiger partial charge in [-0.05, 0) is 32.5 Å². The summed E-state index contributed by atoms with van der Waals surface area (Å²) in [6.45, 7) is 8.95. The minimum absolute atomic E-state index is 0.806. The summed E-state index contributed by atoms with van der Waals surface area (Å²) in [5, 5.41) is 3.07. The summed E-state index contributed by atoms with van der Waals surface area (Å²) in [6, 6.07) is 5.92. The molecule has 1 aromatic rings. The van der Waals surface area contributed by atoms with Crippen LogP contribution in [0.4, 0.5) is 0 Å². The van der Waals surface area contributed by atoms with Crippen molar-refractivity contribution in [3.05, 3.63) is 48.0 Å². The van der Waals surface area contributed by atoms with Crippen LogP contribution < -0.4 is 5.32 Å². The Morgan fingerprint density at radius 3 is 2.60 bits per heavy atom. The number of hydrogen-bond donors (Lipinski definition) is 1. The van der Waals surface area contributed by atoms with Crippen LogP contribution in [0.25, 0.3) is 0 Å². The molecule has 0 saturated carbocycles. The fourth-order valence-electron chi connectivity index (χ4n) is 1.33. The van der Waals surface area contributed by atoms with Crippen molar-refractivity contribution >= 4 is 6.29 Å². The molecule has 2 nitrogen and oxygen atoms in total. The molecule has 1 aromatic carbocycles. The minimum atomic E-state index is 0.806. The topological polar surface area (TPSA) is 29.1 Å². The molecule has 2 heteroatoms. The lowest BCUT2D eigenvalue weighted by Crippen LogP contribution is -2.11. The summed E-state index contributed by atoms with van der Waals surface area (Å²) in [4.78, 5) is 10.7. The van der Waals surface area contributed by atoms with E-state index in [1.54, 1.807) is 0 Å². The zero-order chi connectivity index (χ0) is 11.7. The summed E-state index contributed by atoms with van der Waals surface area (Å²) in [6.07, 6.45) is 1.83. The highest BCUT2D eigenvalue weighted by Gasteiger charge is 2.00. The number of likely N-dealkylation sites (N-methyl/N-ethyl adjacent to an activating group) is 1. The molecule has 0 unspecified atom stereocenters. The first-order chi connectivity index (χ1) is 7.27. The second kappa shape index (κ2) is 7.94. The number of rotatable bonds is 4. The van der Waals surface area contributed by atoms with Crippen LogP contribution in [0.5, 0.6) is 0 Å². The van der Waals surface area contributed by atoms with E-state index >= 15 is 0 Å². The molecule has 0 radical (unpaired) electrons. The Hall–Kier alpha value is -1.41. The lowest BCUT2D eigenvalue weighted by Gasteiger charge is -2.05. The van der Waals surface area contributed by atoms with Crippen molar-refractivity contribution in [1.82, 2.24) is 5.32 Å². The van der Waals surface area contributed by atoms with Gasteiger partial charge in [-0.2, -0.15) is 0 Å². The van der Waals surface area contributed by atoms with Gasteiger partial charge in [-0.1, -0.05) is 23.8 Å². The van der Waals surface area contributed by atoms with Crippen molar-refractivity contribution in [2.24, 2.45) is 0 Å². The van der Waals surface area contributed by atoms with Gasteiger partial charge in [-0.15, -0.1) is 13.2 Å². The normalized spacial score (nSPS) is 8.93. The molecular weight excluding hydrogens is 186 g/mol. The molecule has 0 spiro atoms. The van der Waals surface area contributed by atoms with E-state index in [4.69, 9.17) is 0 Å². The summed E-state index contributed by atoms with van der Waals surface area (Å²) < 4.78 is 0. The third-order valence-electron chi connectivity index (χ3n) is 2.07. The lowest BCUT2D eigenvalue weighted by molar-refractivity contribution is 0.112. The van der Waals surface area contributed by atoms with E-state index in [2.05, 4.69) is 24.5 Å². The molecule has 1 N–H and O–H groups in total. The van der Waals surface area contributed by atoms with Crippen LogP contribution in [0.3, 0.4) is 0 Å². The Kier molecular flexibility index (Phi) is 7.20. The number of carbonyl (C=O) groups is 1. The van der Waals surface area contributed by atoms with E-state index in [9.17, 15) is 4.79 Å². The molecule has 0 atom stereocenters. The van der Waals surface area contributed by atoms with Crippen molar-refractivity contribution in [3.8, 4) is 0 Å². The molecule has 15 heavy (non-hydrogen) atoms. The summed E-state index contributed by atoms with van der Waals surface area (Å²) >= 11 is 0. The van der Waals surface area contributed by atoms with Gasteiger partial charge in [0.15, 0.2) is 0 Å². The molecule has 0 heterocycles. The number of carbonyl (C=O) groups excluding carboxylic acids is 1. The third-order valence-corrected chi connectivity index (χ3v) is 2.07. The van der Waals surface area contributed by atoms with Crippen LogP contribution in [0, 0.1) is 6.92 Å². The van der Waals surface area contributed by atoms with E-state index in [-0.39, 0.29) is 0 Å². The van der Waals surface area contributed by atoms with Crippen LogP contribution in [0.1, 0.15) is 21.5 Å². The predicted octanol–water partition coefficient (Wildman–Crippen LogP) is 2.37. The molecule has 0 aliphatic rings. The van der Waals surface area contributed by atoms with Gasteiger partial charge in [0.2, 0.25) is 0 Å². The van der Waals surface area contributed by atoms with Gasteiger partial charge in [0.05, 0.1) is 0 Å². The first-order valence-electron chi connectivity index (χ1n) is 4.97. The third kappa shape index (κ3) is 4.56. The Bertz CT molecular complexity index is 307. The van der Waals surface area contributed by atoms with Gasteiger partial charge in [0.1, 0.15) is 6.29 Å². The van der Waals surface area contributed by atoms with Crippen LogP contribution >= 0.6 is 0 Å². The molecule has 0 bridgehead atoms. The van der Waals surface area contributed by atoms with Gasteiger partial charge in [0.25, 0.3) is 0 Å². The number of aldehydes is 1. The summed E-state index contributed by atoms with van der Waals surface area (Å²) in [5.41, 5.74) is 3.14. The van der Waals surface area contributed by atoms with Crippen LogP contribution in [0.15, 0.2) is 31.4 Å². The number of benzene rings is 1. The van der Waals surface area contributed by atoms with Gasteiger partial charge in [0, 0.05) is 5.56 Å². The van der Waals surface area contributed by atoms with E-state index in [0.29, 0.717) is 0 Å². The molecule has 0 amide bonds. The van der Waals surface area contributed by atoms with Crippen LogP contribution in [0.2, 0.25) is 0 Å². The van der Waals surface area contributed by atoms with Crippen molar-refractivity contribution in [3.63, 3.8) is 0 Å². The molecule has 0 saturated heterocycles. The maximum Gasteiger partial charge on any atom is 0.150 e. The zero-order valence-corrected chi connectivity index (χ0v) is 9.55. The van der Waals surface area contributed by atoms with Gasteiger partial charge >= 0.3 is 0 Å². The summed E-state index contributed by atoms with van der Waals surface area (Å²) in [7, 11) is 1.91. The highest BCUT2D eigenvalue weighted by molar-refractivity contribution is 5.77. The first kappa shape index (κ1) is 13.6. The monoisotopic (exact) mass is 205 g/mol. The second-order valence-electron chi connectivity index (χ2n) is 3.17. The van der Waals surface area contributed by atoms with E-state index in [1.807, 2.05) is 26.1 Å². The Labute approximate surface area is 92.0 Å². The van der Waals surface area contributed by atoms with Gasteiger partial charge in [-0.3, -0.25) is 4.79 Å². The SMILES string of the molecule is C=C.CNCCc1cc(C)ccc1C=O. The number of aryl methyl sites for hydroxylation is 1. The second-order valence-corrected chi connectivity index (χ2v) is 3.17. The van der Waals surface area contributed by atoms with Gasteiger partial charge < -0.3 is 5.32 Å². The average Bonchev–Trinajstić information content (AvgIpc) is 2.29. The smallest absolute Gasteiger partial charge is 0.150 e. The van der Waals surface area contributed by atoms with Crippen molar-refractivity contribution in [1.29, 1.82) is 0 Å². The molecule has 1 rings (SSSR count). The molecule has 0 aliphatic heterocycles. The fourth-order valence-corrected chi connectivity index (χ4v) is 1.33. The number of hydrogen-bond acceptors (Lipinski definition) is 2. The predicted molar refractivity (Wildman–Crippen MR) is 65.5 cm³/mol. The van der Waals surface area contributed by atoms with E-state index in [0.717, 1.165) is 30.4 Å². The zero-order valence-electron chi connectivity index (χ0n) is 9.55. The quantitative estimate of drug-likeness (QED) is 0.604. The van der Waals surface area contributed by atoms with Crippen molar-refractivity contribution in [2.75, 3.05) is 13.6 Å². The Balaban J connectivity index is 0.000000921. The summed E-state index contributed by atoms with van der Waals surface area (Å²) in [5.74, 6) is 0. The molecular formula is C13H19NO. The average molecular weight is 205 g/mol. The Morgan fingerprint density at radius 2 is 2.07 bits per heavy atom. The fraction of sp³-hybridized carbons (Fsp3) is 0.308. The molecule has 0 fully saturated rings. The standard InChI is InChI=1S/C11H15NO.C2H4/c1-9-3-4-11(8-13)10(7-9)5-6-12-2;1-2/h3-4,7-8,12H,5-6H2,1-2H3;1-2H2. The lowest BCUT2D eigenvalue weighted by atomic mass is 10.0. The maximum atomic E-state index is 10.7. The first-order valence-corrected chi connectivity index (χ1v) is 4.97. The minimum Gasteiger partial charge on any atom is -0.319 e. The molecule has 0 aliphatic carbocycles. The van der Waals surface area contributed by atoms with Crippen molar-refractivity contribution < 1.29 is 4.79 Å². The highest BCUT2D eigenvalue weighted by atomic mass is 16.1. The maximum absolute atomic E-state index is 10.7. The van der Waals surface area contributed by atoms with Crippen molar-refractivity contribution in [2.45, 2.75) is 13.3 Å². The van der Waals surface area contributed by atoms with Crippen LogP contribution in [-0.4, -0.2) is 19.9 Å². The Morgan fingerprint density at radius 1 is 1.40 bits per heavy atom. The van der Waals surface area contributed by atoms with E-state index < -0.39 is 0 Å².